The van der Waals surface area contributed by atoms with Crippen LogP contribution in [-0.2, 0) is 16.1 Å². The Hall–Kier alpha value is -1.81. The summed E-state index contributed by atoms with van der Waals surface area (Å²) in [5, 5.41) is 2.34. The molecule has 0 saturated carbocycles. The van der Waals surface area contributed by atoms with Crippen LogP contribution in [0.25, 0.3) is 11.0 Å². The Balaban J connectivity index is 2.14. The zero-order valence-electron chi connectivity index (χ0n) is 10.9. The second-order valence-corrected chi connectivity index (χ2v) is 4.26. The highest BCUT2D eigenvalue weighted by molar-refractivity contribution is 5.82. The Labute approximate surface area is 106 Å². The highest BCUT2D eigenvalue weighted by atomic mass is 16.7. The molecule has 0 radical (unpaired) electrons. The van der Waals surface area contributed by atoms with Gasteiger partial charge in [-0.15, -0.1) is 0 Å². The molecule has 0 spiro atoms. The minimum absolute atomic E-state index is 0.0327. The predicted molar refractivity (Wildman–Crippen MR) is 69.1 cm³/mol. The lowest BCUT2D eigenvalue weighted by atomic mass is 10.1. The second-order valence-electron chi connectivity index (χ2n) is 4.26. The number of fused-ring (bicyclic) bond motifs is 1. The summed E-state index contributed by atoms with van der Waals surface area (Å²) in [7, 11) is 3.10. The van der Waals surface area contributed by atoms with E-state index in [2.05, 4.69) is 0 Å². The molecule has 96 valence electrons. The van der Waals surface area contributed by atoms with E-state index in [0.29, 0.717) is 12.8 Å². The molecule has 0 atom stereocenters. The van der Waals surface area contributed by atoms with Gasteiger partial charge in [-0.25, -0.2) is 5.06 Å². The van der Waals surface area contributed by atoms with Crippen molar-refractivity contribution in [2.75, 3.05) is 14.2 Å². The average molecular weight is 247 g/mol. The highest BCUT2D eigenvalue weighted by Crippen LogP contribution is 2.23. The van der Waals surface area contributed by atoms with Gasteiger partial charge < -0.3 is 4.42 Å². The molecule has 0 saturated heterocycles. The van der Waals surface area contributed by atoms with Gasteiger partial charge in [0.1, 0.15) is 11.3 Å². The molecule has 4 nitrogen and oxygen atoms in total. The van der Waals surface area contributed by atoms with Gasteiger partial charge in [0, 0.05) is 18.9 Å². The summed E-state index contributed by atoms with van der Waals surface area (Å²) >= 11 is 0. The quantitative estimate of drug-likeness (QED) is 0.780. The van der Waals surface area contributed by atoms with Crippen molar-refractivity contribution in [2.24, 2.45) is 0 Å². The number of hydrogen-bond donors (Lipinski definition) is 0. The van der Waals surface area contributed by atoms with Crippen LogP contribution in [0.3, 0.4) is 0 Å². The lowest BCUT2D eigenvalue weighted by molar-refractivity contribution is -0.168. The maximum atomic E-state index is 11.7. The summed E-state index contributed by atoms with van der Waals surface area (Å²) in [5.41, 5.74) is 2.00. The summed E-state index contributed by atoms with van der Waals surface area (Å²) < 4.78 is 5.56. The summed E-state index contributed by atoms with van der Waals surface area (Å²) in [5.74, 6) is 0.854. The van der Waals surface area contributed by atoms with Gasteiger partial charge in [-0.3, -0.25) is 9.63 Å². The molecule has 0 unspecified atom stereocenters. The third kappa shape index (κ3) is 2.54. The van der Waals surface area contributed by atoms with E-state index < -0.39 is 0 Å². The van der Waals surface area contributed by atoms with E-state index in [1.807, 2.05) is 31.2 Å². The Morgan fingerprint density at radius 2 is 2.22 bits per heavy atom. The fraction of sp³-hybridized carbons (Fsp3) is 0.357. The minimum atomic E-state index is -0.0327. The van der Waals surface area contributed by atoms with Crippen molar-refractivity contribution in [1.82, 2.24) is 5.06 Å². The number of carbonyl (C=O) groups excluding carboxylic acids is 1. The first-order chi connectivity index (χ1) is 8.61. The van der Waals surface area contributed by atoms with Crippen molar-refractivity contribution in [3.05, 3.63) is 35.6 Å². The molecular weight excluding hydrogens is 230 g/mol. The maximum absolute atomic E-state index is 11.7. The van der Waals surface area contributed by atoms with Crippen LogP contribution in [0.1, 0.15) is 17.7 Å². The van der Waals surface area contributed by atoms with Crippen LogP contribution in [-0.4, -0.2) is 25.1 Å². The standard InChI is InChI=1S/C14H17NO3/c1-10-9-12-11(5-4-6-13(12)18-10)7-8-14(16)15(2)17-3/h4-6,9H,7-8H2,1-3H3. The number of benzene rings is 1. The Kier molecular flexibility index (Phi) is 3.67. The minimum Gasteiger partial charge on any atom is -0.461 e. The van der Waals surface area contributed by atoms with E-state index in [9.17, 15) is 4.79 Å². The van der Waals surface area contributed by atoms with E-state index in [0.717, 1.165) is 22.3 Å². The molecular formula is C14H17NO3. The van der Waals surface area contributed by atoms with E-state index in [1.165, 1.54) is 12.2 Å². The molecule has 18 heavy (non-hydrogen) atoms. The first-order valence-electron chi connectivity index (χ1n) is 5.90. The largest absolute Gasteiger partial charge is 0.461 e. The van der Waals surface area contributed by atoms with E-state index in [-0.39, 0.29) is 5.91 Å². The van der Waals surface area contributed by atoms with E-state index in [4.69, 9.17) is 9.25 Å². The zero-order valence-corrected chi connectivity index (χ0v) is 10.9. The molecule has 0 bridgehead atoms. The van der Waals surface area contributed by atoms with Gasteiger partial charge in [0.2, 0.25) is 5.91 Å². The number of hydroxylamine groups is 2. The van der Waals surface area contributed by atoms with Crippen molar-refractivity contribution >= 4 is 16.9 Å². The zero-order chi connectivity index (χ0) is 13.1. The third-order valence-electron chi connectivity index (χ3n) is 3.01. The molecule has 1 heterocycles. The lowest BCUT2D eigenvalue weighted by Gasteiger charge is -2.13. The normalized spacial score (nSPS) is 10.8. The van der Waals surface area contributed by atoms with Crippen molar-refractivity contribution in [3.8, 4) is 0 Å². The van der Waals surface area contributed by atoms with Gasteiger partial charge in [-0.1, -0.05) is 12.1 Å². The fourth-order valence-electron chi connectivity index (χ4n) is 1.97. The number of rotatable bonds is 4. The Morgan fingerprint density at radius 1 is 1.44 bits per heavy atom. The van der Waals surface area contributed by atoms with Crippen LogP contribution in [0.5, 0.6) is 0 Å². The number of carbonyl (C=O) groups is 1. The third-order valence-corrected chi connectivity index (χ3v) is 3.01. The molecule has 2 aromatic rings. The Bertz CT molecular complexity index is 559. The van der Waals surface area contributed by atoms with Crippen LogP contribution in [0, 0.1) is 6.92 Å². The monoisotopic (exact) mass is 247 g/mol. The van der Waals surface area contributed by atoms with E-state index >= 15 is 0 Å². The van der Waals surface area contributed by atoms with Crippen molar-refractivity contribution in [1.29, 1.82) is 0 Å². The predicted octanol–water partition coefficient (Wildman–Crippen LogP) is 2.69. The molecule has 1 aromatic carbocycles. The summed E-state index contributed by atoms with van der Waals surface area (Å²) in [6.07, 6.45) is 1.11. The van der Waals surface area contributed by atoms with Crippen molar-refractivity contribution < 1.29 is 14.0 Å². The summed E-state index contributed by atoms with van der Waals surface area (Å²) in [6.45, 7) is 1.92. The molecule has 0 fully saturated rings. The van der Waals surface area contributed by atoms with Gasteiger partial charge in [0.25, 0.3) is 0 Å². The molecule has 0 aliphatic carbocycles. The van der Waals surface area contributed by atoms with E-state index in [1.54, 1.807) is 7.05 Å². The van der Waals surface area contributed by atoms with Crippen LogP contribution in [0.4, 0.5) is 0 Å². The second kappa shape index (κ2) is 5.23. The molecule has 0 aliphatic rings. The smallest absolute Gasteiger partial charge is 0.246 e. The van der Waals surface area contributed by atoms with Crippen LogP contribution >= 0.6 is 0 Å². The molecule has 0 aliphatic heterocycles. The highest BCUT2D eigenvalue weighted by Gasteiger charge is 2.10. The summed E-state index contributed by atoms with van der Waals surface area (Å²) in [4.78, 5) is 16.5. The first-order valence-corrected chi connectivity index (χ1v) is 5.90. The average Bonchev–Trinajstić information content (AvgIpc) is 2.75. The molecule has 1 aromatic heterocycles. The van der Waals surface area contributed by atoms with Gasteiger partial charge in [0.05, 0.1) is 7.11 Å². The molecule has 2 rings (SSSR count). The maximum Gasteiger partial charge on any atom is 0.246 e. The summed E-state index contributed by atoms with van der Waals surface area (Å²) in [6, 6.07) is 7.92. The van der Waals surface area contributed by atoms with Gasteiger partial charge in [-0.2, -0.15) is 0 Å². The molecule has 1 amide bonds. The van der Waals surface area contributed by atoms with Gasteiger partial charge >= 0.3 is 0 Å². The fourth-order valence-corrected chi connectivity index (χ4v) is 1.97. The Morgan fingerprint density at radius 3 is 2.94 bits per heavy atom. The van der Waals surface area contributed by atoms with Crippen LogP contribution in [0.15, 0.2) is 28.7 Å². The first kappa shape index (κ1) is 12.6. The van der Waals surface area contributed by atoms with Crippen molar-refractivity contribution in [2.45, 2.75) is 19.8 Å². The number of amides is 1. The van der Waals surface area contributed by atoms with Gasteiger partial charge in [-0.05, 0) is 31.0 Å². The molecule has 0 N–H and O–H groups in total. The van der Waals surface area contributed by atoms with Crippen molar-refractivity contribution in [3.63, 3.8) is 0 Å². The number of furan rings is 1. The van der Waals surface area contributed by atoms with Crippen LogP contribution in [0.2, 0.25) is 0 Å². The number of nitrogens with zero attached hydrogens (tertiary/aromatic N) is 1. The lowest BCUT2D eigenvalue weighted by Crippen LogP contribution is -2.25. The topological polar surface area (TPSA) is 42.7 Å². The SMILES string of the molecule is CON(C)C(=O)CCc1cccc2oc(C)cc12. The number of hydrogen-bond acceptors (Lipinski definition) is 3. The number of aryl methyl sites for hydroxylation is 2. The van der Waals surface area contributed by atoms with Crippen LogP contribution < -0.4 is 0 Å². The molecule has 4 heteroatoms. The van der Waals surface area contributed by atoms with Gasteiger partial charge in [0.15, 0.2) is 0 Å².